The number of hydrogen-bond acceptors (Lipinski definition) is 4. The Morgan fingerprint density at radius 3 is 2.72 bits per heavy atom. The van der Waals surface area contributed by atoms with Crippen molar-refractivity contribution < 1.29 is 9.90 Å². The molecule has 1 aromatic carbocycles. The summed E-state index contributed by atoms with van der Waals surface area (Å²) in [6.45, 7) is 3.83. The number of phenolic OH excluding ortho intramolecular Hbond substituents is 1. The molecule has 0 spiro atoms. The fourth-order valence-electron chi connectivity index (χ4n) is 2.42. The zero-order valence-electron chi connectivity index (χ0n) is 14.5. The normalized spacial score (nSPS) is 17.3. The Morgan fingerprint density at radius 1 is 1.32 bits per heavy atom. The van der Waals surface area contributed by atoms with Gasteiger partial charge in [-0.2, -0.15) is 11.8 Å². The predicted molar refractivity (Wildman–Crippen MR) is 115 cm³/mol. The number of hydrogen-bond donors (Lipinski definition) is 4. The number of benzene rings is 1. The number of aliphatic imine (C=N–C) groups is 1. The van der Waals surface area contributed by atoms with Crippen molar-refractivity contribution in [1.29, 1.82) is 0 Å². The monoisotopic (exact) mass is 478 g/mol. The maximum absolute atomic E-state index is 12.0. The van der Waals surface area contributed by atoms with Gasteiger partial charge in [0.05, 0.1) is 6.54 Å². The van der Waals surface area contributed by atoms with Gasteiger partial charge in [-0.05, 0) is 49.8 Å². The van der Waals surface area contributed by atoms with Crippen molar-refractivity contribution in [3.8, 4) is 5.75 Å². The Bertz CT molecular complexity index is 548. The summed E-state index contributed by atoms with van der Waals surface area (Å²) in [4.78, 5) is 16.5. The van der Waals surface area contributed by atoms with E-state index in [1.165, 1.54) is 30.7 Å². The van der Waals surface area contributed by atoms with Crippen molar-refractivity contribution in [2.75, 3.05) is 31.1 Å². The SMILES string of the molecule is CCNC(=NCCNC(=O)c1ccc(O)cc1)NC1CCCSC1.I. The van der Waals surface area contributed by atoms with Crippen molar-refractivity contribution in [3.05, 3.63) is 29.8 Å². The van der Waals surface area contributed by atoms with E-state index in [-0.39, 0.29) is 35.6 Å². The van der Waals surface area contributed by atoms with Crippen LogP contribution in [0.25, 0.3) is 0 Å². The first kappa shape index (κ1) is 21.9. The maximum Gasteiger partial charge on any atom is 0.251 e. The van der Waals surface area contributed by atoms with Crippen LogP contribution in [-0.4, -0.2) is 54.2 Å². The third kappa shape index (κ3) is 8.17. The topological polar surface area (TPSA) is 85.8 Å². The molecular weight excluding hydrogens is 451 g/mol. The predicted octanol–water partition coefficient (Wildman–Crippen LogP) is 2.19. The number of carbonyl (C=O) groups excluding carboxylic acids is 1. The Balaban J connectivity index is 0.00000312. The first-order valence-corrected chi connectivity index (χ1v) is 9.54. The molecule has 1 aliphatic rings. The minimum atomic E-state index is -0.160. The van der Waals surface area contributed by atoms with Gasteiger partial charge >= 0.3 is 0 Å². The molecule has 2 rings (SSSR count). The van der Waals surface area contributed by atoms with E-state index in [1.54, 1.807) is 12.1 Å². The van der Waals surface area contributed by atoms with Crippen LogP contribution in [0.15, 0.2) is 29.3 Å². The Hall–Kier alpha value is -1.16. The molecule has 1 aromatic rings. The molecule has 1 atom stereocenters. The van der Waals surface area contributed by atoms with Gasteiger partial charge in [0, 0.05) is 30.4 Å². The quantitative estimate of drug-likeness (QED) is 0.218. The summed E-state index contributed by atoms with van der Waals surface area (Å²) in [6, 6.07) is 6.67. The molecule has 0 saturated carbocycles. The van der Waals surface area contributed by atoms with Gasteiger partial charge in [-0.25, -0.2) is 0 Å². The summed E-state index contributed by atoms with van der Waals surface area (Å²) in [5.41, 5.74) is 0.529. The minimum absolute atomic E-state index is 0. The first-order valence-electron chi connectivity index (χ1n) is 8.39. The molecule has 0 aromatic heterocycles. The molecule has 1 heterocycles. The molecule has 1 saturated heterocycles. The Labute approximate surface area is 170 Å². The molecular formula is C17H27IN4O2S. The van der Waals surface area contributed by atoms with Crippen molar-refractivity contribution in [2.24, 2.45) is 4.99 Å². The first-order chi connectivity index (χ1) is 11.7. The fourth-order valence-corrected chi connectivity index (χ4v) is 3.49. The lowest BCUT2D eigenvalue weighted by molar-refractivity contribution is 0.0955. The van der Waals surface area contributed by atoms with Gasteiger partial charge in [-0.15, -0.1) is 24.0 Å². The van der Waals surface area contributed by atoms with E-state index < -0.39 is 0 Å². The fraction of sp³-hybridized carbons (Fsp3) is 0.529. The van der Waals surface area contributed by atoms with Crippen molar-refractivity contribution in [1.82, 2.24) is 16.0 Å². The zero-order chi connectivity index (χ0) is 17.2. The van der Waals surface area contributed by atoms with Crippen LogP contribution in [-0.2, 0) is 0 Å². The van der Waals surface area contributed by atoms with Crippen LogP contribution in [0.5, 0.6) is 5.75 Å². The van der Waals surface area contributed by atoms with Crippen molar-refractivity contribution >= 4 is 47.6 Å². The van der Waals surface area contributed by atoms with Gasteiger partial charge < -0.3 is 21.1 Å². The van der Waals surface area contributed by atoms with Crippen LogP contribution in [0.1, 0.15) is 30.1 Å². The molecule has 8 heteroatoms. The number of halogens is 1. The van der Waals surface area contributed by atoms with Gasteiger partial charge in [0.15, 0.2) is 5.96 Å². The van der Waals surface area contributed by atoms with E-state index in [0.717, 1.165) is 18.3 Å². The van der Waals surface area contributed by atoms with Gasteiger partial charge in [0.2, 0.25) is 0 Å². The second-order valence-electron chi connectivity index (χ2n) is 5.62. The Morgan fingerprint density at radius 2 is 2.08 bits per heavy atom. The van der Waals surface area contributed by atoms with Crippen LogP contribution in [0.2, 0.25) is 0 Å². The minimum Gasteiger partial charge on any atom is -0.508 e. The average molecular weight is 478 g/mol. The summed E-state index contributed by atoms with van der Waals surface area (Å²) in [7, 11) is 0. The molecule has 0 bridgehead atoms. The molecule has 4 N–H and O–H groups in total. The molecule has 0 aliphatic carbocycles. The molecule has 140 valence electrons. The van der Waals surface area contributed by atoms with E-state index in [1.807, 2.05) is 18.7 Å². The summed E-state index contributed by atoms with van der Waals surface area (Å²) in [5.74, 6) is 3.16. The van der Waals surface area contributed by atoms with Gasteiger partial charge in [-0.1, -0.05) is 0 Å². The molecule has 1 unspecified atom stereocenters. The number of nitrogens with one attached hydrogen (secondary N) is 3. The highest BCUT2D eigenvalue weighted by Crippen LogP contribution is 2.16. The van der Waals surface area contributed by atoms with E-state index in [0.29, 0.717) is 24.7 Å². The second kappa shape index (κ2) is 12.2. The number of amides is 1. The lowest BCUT2D eigenvalue weighted by Gasteiger charge is -2.24. The summed E-state index contributed by atoms with van der Waals surface area (Å²) < 4.78 is 0. The molecule has 0 radical (unpaired) electrons. The number of carbonyl (C=O) groups is 1. The maximum atomic E-state index is 12.0. The van der Waals surface area contributed by atoms with Crippen LogP contribution in [0, 0.1) is 0 Å². The third-order valence-corrected chi connectivity index (χ3v) is 4.86. The highest BCUT2D eigenvalue weighted by Gasteiger charge is 2.14. The van der Waals surface area contributed by atoms with Crippen LogP contribution in [0.4, 0.5) is 0 Å². The molecule has 6 nitrogen and oxygen atoms in total. The second-order valence-corrected chi connectivity index (χ2v) is 6.77. The van der Waals surface area contributed by atoms with Crippen LogP contribution < -0.4 is 16.0 Å². The van der Waals surface area contributed by atoms with Crippen LogP contribution in [0.3, 0.4) is 0 Å². The van der Waals surface area contributed by atoms with Gasteiger partial charge in [0.1, 0.15) is 5.75 Å². The van der Waals surface area contributed by atoms with Gasteiger partial charge in [0.25, 0.3) is 5.91 Å². The highest BCUT2D eigenvalue weighted by molar-refractivity contribution is 14.0. The van der Waals surface area contributed by atoms with E-state index in [4.69, 9.17) is 0 Å². The average Bonchev–Trinajstić information content (AvgIpc) is 2.60. The number of aromatic hydroxyl groups is 1. The van der Waals surface area contributed by atoms with Gasteiger partial charge in [-0.3, -0.25) is 9.79 Å². The lowest BCUT2D eigenvalue weighted by atomic mass is 10.2. The van der Waals surface area contributed by atoms with Crippen molar-refractivity contribution in [3.63, 3.8) is 0 Å². The smallest absolute Gasteiger partial charge is 0.251 e. The largest absolute Gasteiger partial charge is 0.508 e. The lowest BCUT2D eigenvalue weighted by Crippen LogP contribution is -2.45. The third-order valence-electron chi connectivity index (χ3n) is 3.64. The number of nitrogens with zero attached hydrogens (tertiary/aromatic N) is 1. The molecule has 25 heavy (non-hydrogen) atoms. The highest BCUT2D eigenvalue weighted by atomic mass is 127. The summed E-state index contributed by atoms with van der Waals surface area (Å²) in [5, 5.41) is 18.8. The molecule has 1 fully saturated rings. The number of guanidine groups is 1. The number of rotatable bonds is 6. The number of phenols is 1. The standard InChI is InChI=1S/C17H26N4O2S.HI/c1-2-18-17(21-14-4-3-11-24-12-14)20-10-9-19-16(23)13-5-7-15(22)8-6-13;/h5-8,14,22H,2-4,9-12H2,1H3,(H,19,23)(H2,18,20,21);1H. The van der Waals surface area contributed by atoms with E-state index >= 15 is 0 Å². The number of thioether (sulfide) groups is 1. The van der Waals surface area contributed by atoms with Crippen LogP contribution >= 0.6 is 35.7 Å². The molecule has 1 aliphatic heterocycles. The van der Waals surface area contributed by atoms with E-state index in [2.05, 4.69) is 20.9 Å². The summed E-state index contributed by atoms with van der Waals surface area (Å²) in [6.07, 6.45) is 2.42. The Kier molecular flexibility index (Phi) is 10.7. The zero-order valence-corrected chi connectivity index (χ0v) is 17.6. The summed E-state index contributed by atoms with van der Waals surface area (Å²) >= 11 is 1.97. The van der Waals surface area contributed by atoms with Crippen molar-refractivity contribution in [2.45, 2.75) is 25.8 Å². The molecule has 1 amide bonds. The van der Waals surface area contributed by atoms with E-state index in [9.17, 15) is 9.90 Å².